The van der Waals surface area contributed by atoms with Crippen molar-refractivity contribution in [3.05, 3.63) is 35.2 Å². The van der Waals surface area contributed by atoms with Gasteiger partial charge in [0.2, 0.25) is 5.91 Å². The smallest absolute Gasteiger partial charge is 0.274 e. The molecule has 0 bridgehead atoms. The predicted octanol–water partition coefficient (Wildman–Crippen LogP) is 1.76. The minimum atomic E-state index is -0.139. The molecule has 2 fully saturated rings. The summed E-state index contributed by atoms with van der Waals surface area (Å²) < 4.78 is 1.73. The van der Waals surface area contributed by atoms with Crippen molar-refractivity contribution < 1.29 is 9.59 Å². The molecule has 27 heavy (non-hydrogen) atoms. The fourth-order valence-electron chi connectivity index (χ4n) is 3.98. The van der Waals surface area contributed by atoms with Crippen molar-refractivity contribution in [2.75, 3.05) is 39.3 Å². The van der Waals surface area contributed by atoms with Gasteiger partial charge in [-0.15, -0.1) is 0 Å². The van der Waals surface area contributed by atoms with E-state index in [0.717, 1.165) is 25.9 Å². The molecule has 2 amide bonds. The maximum Gasteiger partial charge on any atom is 0.274 e. The van der Waals surface area contributed by atoms with Gasteiger partial charge >= 0.3 is 0 Å². The van der Waals surface area contributed by atoms with Gasteiger partial charge in [0.05, 0.1) is 6.04 Å². The van der Waals surface area contributed by atoms with Crippen LogP contribution in [0.25, 0.3) is 5.65 Å². The molecule has 2 aromatic rings. The first-order valence-electron chi connectivity index (χ1n) is 9.51. The Kier molecular flexibility index (Phi) is 5.06. The van der Waals surface area contributed by atoms with E-state index in [1.54, 1.807) is 15.5 Å². The number of hydrogen-bond donors (Lipinski definition) is 0. The highest BCUT2D eigenvalue weighted by Gasteiger charge is 2.32. The van der Waals surface area contributed by atoms with Gasteiger partial charge in [0, 0.05) is 45.5 Å². The molecule has 0 unspecified atom stereocenters. The van der Waals surface area contributed by atoms with Gasteiger partial charge in [0.25, 0.3) is 5.91 Å². The van der Waals surface area contributed by atoms with Crippen molar-refractivity contribution in [2.45, 2.75) is 25.8 Å². The van der Waals surface area contributed by atoms with Crippen molar-refractivity contribution >= 4 is 29.1 Å². The zero-order valence-electron chi connectivity index (χ0n) is 15.5. The van der Waals surface area contributed by atoms with E-state index >= 15 is 0 Å². The number of likely N-dealkylation sites (tertiary alicyclic amines) is 1. The van der Waals surface area contributed by atoms with Crippen molar-refractivity contribution in [1.82, 2.24) is 24.1 Å². The summed E-state index contributed by atoms with van der Waals surface area (Å²) >= 11 is 6.24. The number of piperazine rings is 1. The molecule has 0 aliphatic carbocycles. The minimum Gasteiger partial charge on any atom is -0.341 e. The monoisotopic (exact) mass is 389 g/mol. The maximum absolute atomic E-state index is 13.0. The number of nitrogens with zero attached hydrogens (tertiary/aromatic N) is 5. The average molecular weight is 390 g/mol. The number of fused-ring (bicyclic) bond motifs is 1. The average Bonchev–Trinajstić information content (AvgIpc) is 3.33. The molecule has 0 radical (unpaired) electrons. The lowest BCUT2D eigenvalue weighted by Crippen LogP contribution is -2.55. The van der Waals surface area contributed by atoms with Gasteiger partial charge < -0.3 is 9.80 Å². The standard InChI is InChI=1S/C19H24ClN5O2/c1-14(18(26)23-7-4-5-8-23)22-10-12-24(13-11-22)19(27)16-17(20)21-15-6-2-3-9-25(15)16/h2-3,6,9,14H,4-5,7-8,10-13H2,1H3/t14-/m0/s1. The number of halogens is 1. The first-order valence-corrected chi connectivity index (χ1v) is 9.89. The summed E-state index contributed by atoms with van der Waals surface area (Å²) in [6.45, 7) is 6.23. The van der Waals surface area contributed by atoms with Crippen LogP contribution in [0.4, 0.5) is 0 Å². The van der Waals surface area contributed by atoms with E-state index in [-0.39, 0.29) is 23.0 Å². The van der Waals surface area contributed by atoms with Crippen molar-refractivity contribution in [1.29, 1.82) is 0 Å². The second-order valence-electron chi connectivity index (χ2n) is 7.22. The van der Waals surface area contributed by atoms with Gasteiger partial charge in [-0.3, -0.25) is 18.9 Å². The van der Waals surface area contributed by atoms with Gasteiger partial charge in [-0.25, -0.2) is 4.98 Å². The highest BCUT2D eigenvalue weighted by molar-refractivity contribution is 6.32. The second-order valence-corrected chi connectivity index (χ2v) is 7.57. The Bertz CT molecular complexity index is 853. The van der Waals surface area contributed by atoms with E-state index < -0.39 is 0 Å². The first kappa shape index (κ1) is 18.3. The van der Waals surface area contributed by atoms with E-state index in [2.05, 4.69) is 9.88 Å². The Morgan fingerprint density at radius 2 is 1.74 bits per heavy atom. The molecule has 4 rings (SSSR count). The van der Waals surface area contributed by atoms with E-state index in [1.807, 2.05) is 30.0 Å². The molecule has 0 aromatic carbocycles. The third kappa shape index (κ3) is 3.41. The minimum absolute atomic E-state index is 0.114. The summed E-state index contributed by atoms with van der Waals surface area (Å²) in [4.78, 5) is 35.8. The van der Waals surface area contributed by atoms with Gasteiger partial charge in [0.1, 0.15) is 5.65 Å². The first-order chi connectivity index (χ1) is 13.1. The topological polar surface area (TPSA) is 61.2 Å². The summed E-state index contributed by atoms with van der Waals surface area (Å²) in [6.07, 6.45) is 4.00. The lowest BCUT2D eigenvalue weighted by atomic mass is 10.2. The van der Waals surface area contributed by atoms with Gasteiger partial charge in [-0.05, 0) is 31.9 Å². The van der Waals surface area contributed by atoms with Crippen molar-refractivity contribution in [3.63, 3.8) is 0 Å². The zero-order valence-corrected chi connectivity index (χ0v) is 16.2. The second kappa shape index (κ2) is 7.48. The van der Waals surface area contributed by atoms with Crippen LogP contribution in [0.5, 0.6) is 0 Å². The van der Waals surface area contributed by atoms with Crippen LogP contribution >= 0.6 is 11.6 Å². The van der Waals surface area contributed by atoms with Crippen LogP contribution in [-0.4, -0.2) is 81.2 Å². The normalized spacial score (nSPS) is 19.6. The molecular weight excluding hydrogens is 366 g/mol. The summed E-state index contributed by atoms with van der Waals surface area (Å²) in [7, 11) is 0. The van der Waals surface area contributed by atoms with E-state index in [9.17, 15) is 9.59 Å². The zero-order chi connectivity index (χ0) is 19.0. The molecule has 4 heterocycles. The fraction of sp³-hybridized carbons (Fsp3) is 0.526. The van der Waals surface area contributed by atoms with E-state index in [0.29, 0.717) is 37.5 Å². The van der Waals surface area contributed by atoms with Gasteiger partial charge in [0.15, 0.2) is 10.8 Å². The molecule has 0 spiro atoms. The van der Waals surface area contributed by atoms with Crippen molar-refractivity contribution in [2.24, 2.45) is 0 Å². The molecule has 0 saturated carbocycles. The van der Waals surface area contributed by atoms with Crippen LogP contribution < -0.4 is 0 Å². The summed E-state index contributed by atoms with van der Waals surface area (Å²) in [6, 6.07) is 5.40. The Labute approximate surface area is 163 Å². The number of aromatic nitrogens is 2. The molecule has 8 heteroatoms. The number of imidazole rings is 1. The van der Waals surface area contributed by atoms with E-state index in [4.69, 9.17) is 11.6 Å². The number of amides is 2. The molecule has 7 nitrogen and oxygen atoms in total. The van der Waals surface area contributed by atoms with Crippen LogP contribution in [0.15, 0.2) is 24.4 Å². The van der Waals surface area contributed by atoms with Crippen LogP contribution in [0.3, 0.4) is 0 Å². The Morgan fingerprint density at radius 3 is 2.44 bits per heavy atom. The Hall–Kier alpha value is -2.12. The quantitative estimate of drug-likeness (QED) is 0.802. The molecule has 2 aliphatic heterocycles. The molecule has 144 valence electrons. The van der Waals surface area contributed by atoms with Crippen LogP contribution in [0.2, 0.25) is 5.15 Å². The molecule has 2 aliphatic rings. The third-order valence-corrected chi connectivity index (χ3v) is 5.88. The molecule has 2 saturated heterocycles. The van der Waals surface area contributed by atoms with E-state index in [1.165, 1.54) is 0 Å². The Balaban J connectivity index is 1.42. The summed E-state index contributed by atoms with van der Waals surface area (Å²) in [5.74, 6) is 0.0916. The van der Waals surface area contributed by atoms with Crippen LogP contribution in [0.1, 0.15) is 30.3 Å². The number of carbonyl (C=O) groups is 2. The largest absolute Gasteiger partial charge is 0.341 e. The number of pyridine rings is 1. The SMILES string of the molecule is C[C@@H](C(=O)N1CCCC1)N1CCN(C(=O)c2c(Cl)nc3ccccn23)CC1. The van der Waals surface area contributed by atoms with Gasteiger partial charge in [-0.2, -0.15) is 0 Å². The number of carbonyl (C=O) groups excluding carboxylic acids is 2. The summed E-state index contributed by atoms with van der Waals surface area (Å²) in [5, 5.41) is 0.228. The maximum atomic E-state index is 13.0. The highest BCUT2D eigenvalue weighted by Crippen LogP contribution is 2.21. The fourth-order valence-corrected chi connectivity index (χ4v) is 4.24. The molecule has 0 N–H and O–H groups in total. The lowest BCUT2D eigenvalue weighted by molar-refractivity contribution is -0.135. The highest BCUT2D eigenvalue weighted by atomic mass is 35.5. The van der Waals surface area contributed by atoms with Crippen molar-refractivity contribution in [3.8, 4) is 0 Å². The molecular formula is C19H24ClN5O2. The number of hydrogen-bond acceptors (Lipinski definition) is 4. The van der Waals surface area contributed by atoms with Crippen LogP contribution in [0, 0.1) is 0 Å². The molecule has 2 aromatic heterocycles. The summed E-state index contributed by atoms with van der Waals surface area (Å²) in [5.41, 5.74) is 1.07. The lowest BCUT2D eigenvalue weighted by Gasteiger charge is -2.38. The van der Waals surface area contributed by atoms with Gasteiger partial charge in [-0.1, -0.05) is 17.7 Å². The molecule has 1 atom stereocenters. The predicted molar refractivity (Wildman–Crippen MR) is 103 cm³/mol. The Morgan fingerprint density at radius 1 is 1.04 bits per heavy atom. The number of rotatable bonds is 3. The third-order valence-electron chi connectivity index (χ3n) is 5.61. The van der Waals surface area contributed by atoms with Crippen LogP contribution in [-0.2, 0) is 4.79 Å².